The van der Waals surface area contributed by atoms with E-state index in [-0.39, 0.29) is 39.1 Å². The first kappa shape index (κ1) is 33.7. The van der Waals surface area contributed by atoms with Crippen LogP contribution in [-0.2, 0) is 9.16 Å². The van der Waals surface area contributed by atoms with Crippen molar-refractivity contribution in [2.24, 2.45) is 39.4 Å². The Morgan fingerprint density at radius 2 is 1.54 bits per heavy atom. The number of methoxy groups -OCH3 is 1. The molecule has 2 saturated carbocycles. The lowest BCUT2D eigenvalue weighted by molar-refractivity contribution is -0.0971. The molecule has 0 aromatic heterocycles. The molecule has 4 aliphatic carbocycles. The summed E-state index contributed by atoms with van der Waals surface area (Å²) in [7, 11) is -0.0679. The van der Waals surface area contributed by atoms with Crippen molar-refractivity contribution in [1.29, 1.82) is 0 Å². The fraction of sp³-hybridized carbons (Fsp3) is 0.946. The highest BCUT2D eigenvalue weighted by Crippen LogP contribution is 2.72. The van der Waals surface area contributed by atoms with Crippen molar-refractivity contribution in [3.63, 3.8) is 0 Å². The molecule has 4 heteroatoms. The number of allylic oxidation sites excluding steroid dienone is 2. The van der Waals surface area contributed by atoms with Crippen LogP contribution in [0.1, 0.15) is 140 Å². The van der Waals surface area contributed by atoms with Crippen LogP contribution in [0.4, 0.5) is 0 Å². The van der Waals surface area contributed by atoms with E-state index in [0.29, 0.717) is 23.2 Å². The topological polar surface area (TPSA) is 38.7 Å². The highest BCUT2D eigenvalue weighted by molar-refractivity contribution is 6.74. The van der Waals surface area contributed by atoms with Crippen LogP contribution in [0.25, 0.3) is 0 Å². The van der Waals surface area contributed by atoms with Crippen molar-refractivity contribution in [3.8, 4) is 0 Å². The van der Waals surface area contributed by atoms with E-state index in [9.17, 15) is 5.11 Å². The molecule has 2 fully saturated rings. The molecule has 41 heavy (non-hydrogen) atoms. The molecule has 3 nitrogen and oxygen atoms in total. The van der Waals surface area contributed by atoms with Gasteiger partial charge in [0.1, 0.15) is 0 Å². The minimum absolute atomic E-state index is 0.00416. The third-order valence-electron chi connectivity index (χ3n) is 14.9. The second-order valence-electron chi connectivity index (χ2n) is 18.5. The van der Waals surface area contributed by atoms with Crippen molar-refractivity contribution in [3.05, 3.63) is 11.1 Å². The first-order chi connectivity index (χ1) is 18.6. The van der Waals surface area contributed by atoms with E-state index in [4.69, 9.17) is 9.16 Å². The van der Waals surface area contributed by atoms with E-state index in [1.807, 2.05) is 18.3 Å². The molecule has 0 bridgehead atoms. The summed E-state index contributed by atoms with van der Waals surface area (Å²) < 4.78 is 13.2. The second kappa shape index (κ2) is 10.7. The average Bonchev–Trinajstić information content (AvgIpc) is 3.14. The van der Waals surface area contributed by atoms with Gasteiger partial charge in [-0.3, -0.25) is 0 Å². The summed E-state index contributed by atoms with van der Waals surface area (Å²) in [6.45, 7) is 31.6. The Morgan fingerprint density at radius 1 is 0.902 bits per heavy atom. The van der Waals surface area contributed by atoms with Gasteiger partial charge in [-0.05, 0) is 136 Å². The SMILES string of the molecule is COC(C)(C)CCC(O[Si](C)(C)C(C)(C)C)[C@@H](C)[C@H]1CC[C@@]2(C)C3=C(CC[C@]12C)[C@@]1(C)CC[C@H](O)C(C)(C)C1CC3. The highest BCUT2D eigenvalue weighted by atomic mass is 28.4. The fourth-order valence-electron chi connectivity index (χ4n) is 10.4. The third-order valence-corrected chi connectivity index (χ3v) is 19.4. The Balaban J connectivity index is 1.67. The van der Waals surface area contributed by atoms with Gasteiger partial charge in [0, 0.05) is 13.2 Å². The maximum atomic E-state index is 11.0. The summed E-state index contributed by atoms with van der Waals surface area (Å²) in [4.78, 5) is 0. The summed E-state index contributed by atoms with van der Waals surface area (Å²) in [5.74, 6) is 1.80. The molecule has 0 radical (unpaired) electrons. The van der Waals surface area contributed by atoms with E-state index < -0.39 is 8.32 Å². The maximum Gasteiger partial charge on any atom is 0.192 e. The first-order valence-corrected chi connectivity index (χ1v) is 20.1. The highest BCUT2D eigenvalue weighted by Gasteiger charge is 2.64. The van der Waals surface area contributed by atoms with Crippen molar-refractivity contribution in [2.75, 3.05) is 7.11 Å². The lowest BCUT2D eigenvalue weighted by Crippen LogP contribution is -2.55. The van der Waals surface area contributed by atoms with E-state index in [0.717, 1.165) is 25.7 Å². The van der Waals surface area contributed by atoms with Crippen LogP contribution in [0, 0.1) is 39.4 Å². The number of fused-ring (bicyclic) bond motifs is 4. The molecule has 0 saturated heterocycles. The van der Waals surface area contributed by atoms with Crippen LogP contribution < -0.4 is 0 Å². The van der Waals surface area contributed by atoms with Gasteiger partial charge < -0.3 is 14.3 Å². The Kier molecular flexibility index (Phi) is 8.82. The Bertz CT molecular complexity index is 1000. The van der Waals surface area contributed by atoms with Gasteiger partial charge in [-0.15, -0.1) is 0 Å². The number of hydrogen-bond acceptors (Lipinski definition) is 3. The van der Waals surface area contributed by atoms with Crippen LogP contribution in [0.15, 0.2) is 11.1 Å². The van der Waals surface area contributed by atoms with Crippen molar-refractivity contribution in [2.45, 2.75) is 176 Å². The van der Waals surface area contributed by atoms with Gasteiger partial charge >= 0.3 is 0 Å². The normalized spacial score (nSPS) is 39.1. The molecule has 0 spiro atoms. The molecule has 4 rings (SSSR count). The summed E-state index contributed by atoms with van der Waals surface area (Å²) in [5.41, 5.74) is 4.38. The van der Waals surface area contributed by atoms with E-state index in [2.05, 4.69) is 89.3 Å². The van der Waals surface area contributed by atoms with Gasteiger partial charge in [0.05, 0.1) is 11.7 Å². The van der Waals surface area contributed by atoms with E-state index in [1.54, 1.807) is 0 Å². The summed E-state index contributed by atoms with van der Waals surface area (Å²) in [5, 5.41) is 11.2. The largest absolute Gasteiger partial charge is 0.414 e. The third kappa shape index (κ3) is 5.39. The summed E-state index contributed by atoms with van der Waals surface area (Å²) in [6.07, 6.45) is 12.0. The van der Waals surface area contributed by atoms with Crippen molar-refractivity contribution < 1.29 is 14.3 Å². The van der Waals surface area contributed by atoms with Gasteiger partial charge in [-0.1, -0.05) is 73.5 Å². The lowest BCUT2D eigenvalue weighted by atomic mass is 9.43. The van der Waals surface area contributed by atoms with Gasteiger partial charge in [0.25, 0.3) is 0 Å². The number of hydrogen-bond donors (Lipinski definition) is 1. The molecule has 0 aliphatic heterocycles. The molecule has 8 atom stereocenters. The number of aliphatic hydroxyl groups is 1. The minimum Gasteiger partial charge on any atom is -0.414 e. The lowest BCUT2D eigenvalue weighted by Gasteiger charge is -2.62. The molecule has 2 unspecified atom stereocenters. The number of ether oxygens (including phenoxy) is 1. The Morgan fingerprint density at radius 3 is 2.12 bits per heavy atom. The molecule has 0 amide bonds. The molecule has 0 aromatic carbocycles. The molecule has 238 valence electrons. The fourth-order valence-corrected chi connectivity index (χ4v) is 11.8. The molecule has 1 N–H and O–H groups in total. The van der Waals surface area contributed by atoms with Gasteiger partial charge in [0.2, 0.25) is 0 Å². The smallest absolute Gasteiger partial charge is 0.192 e. The Labute approximate surface area is 256 Å². The monoisotopic (exact) mass is 588 g/mol. The minimum atomic E-state index is -1.92. The summed E-state index contributed by atoms with van der Waals surface area (Å²) >= 11 is 0. The van der Waals surface area contributed by atoms with Crippen molar-refractivity contribution >= 4 is 8.32 Å². The number of aliphatic hydroxyl groups excluding tert-OH is 1. The zero-order chi connectivity index (χ0) is 31.0. The van der Waals surface area contributed by atoms with Gasteiger partial charge in [0.15, 0.2) is 8.32 Å². The first-order valence-electron chi connectivity index (χ1n) is 17.2. The van der Waals surface area contributed by atoms with Crippen LogP contribution in [-0.4, -0.2) is 38.3 Å². The quantitative estimate of drug-likeness (QED) is 0.226. The predicted octanol–water partition coefficient (Wildman–Crippen LogP) is 10.3. The van der Waals surface area contributed by atoms with E-state index in [1.165, 1.54) is 38.5 Å². The summed E-state index contributed by atoms with van der Waals surface area (Å²) in [6, 6.07) is 0. The predicted molar refractivity (Wildman–Crippen MR) is 177 cm³/mol. The molecule has 0 heterocycles. The van der Waals surface area contributed by atoms with Crippen LogP contribution >= 0.6 is 0 Å². The average molecular weight is 589 g/mol. The standard InChI is InChI=1S/C37H68O3Si/c1-25(29(19-21-33(5,6)39-12)40-41(13,14)32(2,3)4)26-17-23-37(11)28-15-16-30-34(7,8)31(38)20-22-35(30,9)27(28)18-24-36(26,37)10/h25-26,29-31,38H,15-24H2,1-14H3/t25-,26+,29?,30?,31-,35+,36+,37-/m0/s1. The zero-order valence-electron chi connectivity index (χ0n) is 29.7. The molecule has 0 aromatic rings. The molecule has 4 aliphatic rings. The number of rotatable bonds is 8. The van der Waals surface area contributed by atoms with Gasteiger partial charge in [-0.2, -0.15) is 0 Å². The van der Waals surface area contributed by atoms with Crippen molar-refractivity contribution in [1.82, 2.24) is 0 Å². The molecular formula is C37H68O3Si. The van der Waals surface area contributed by atoms with Crippen LogP contribution in [0.3, 0.4) is 0 Å². The maximum absolute atomic E-state index is 11.0. The van der Waals surface area contributed by atoms with Crippen LogP contribution in [0.5, 0.6) is 0 Å². The molecular weight excluding hydrogens is 520 g/mol. The van der Waals surface area contributed by atoms with Gasteiger partial charge in [-0.25, -0.2) is 0 Å². The second-order valence-corrected chi connectivity index (χ2v) is 23.3. The van der Waals surface area contributed by atoms with Crippen LogP contribution in [0.2, 0.25) is 18.1 Å². The Hall–Kier alpha value is -0.163. The zero-order valence-corrected chi connectivity index (χ0v) is 30.7. The van der Waals surface area contributed by atoms with E-state index >= 15 is 0 Å².